The van der Waals surface area contributed by atoms with Gasteiger partial charge in [-0.2, -0.15) is 0 Å². The first-order valence-electron chi connectivity index (χ1n) is 13.5. The lowest BCUT2D eigenvalue weighted by molar-refractivity contribution is -0.146. The van der Waals surface area contributed by atoms with Crippen molar-refractivity contribution in [3.05, 3.63) is 71.8 Å². The van der Waals surface area contributed by atoms with E-state index in [9.17, 15) is 24.6 Å². The van der Waals surface area contributed by atoms with E-state index in [0.717, 1.165) is 17.2 Å². The molecule has 1 saturated carbocycles. The van der Waals surface area contributed by atoms with E-state index in [0.29, 0.717) is 29.7 Å². The van der Waals surface area contributed by atoms with Crippen molar-refractivity contribution in [1.29, 1.82) is 0 Å². The Bertz CT molecular complexity index is 1400. The minimum atomic E-state index is -1.32. The number of carbonyl (C=O) groups is 3. The molecule has 40 heavy (non-hydrogen) atoms. The minimum absolute atomic E-state index is 0.0683. The largest absolute Gasteiger partial charge is 0.508 e. The standard InChI is InChI=1S/C31H37N3O6/c1-19-16-22(13-15-26(19)36)27(28(37)32-23-14-12-20-8-5-6-9-21(20)17-23)34(24-10-7-11-24)29(38)25(18-35)33-30(39)40-31(2,3)4/h5-6,8-9,12-17,24-25,27,35-36H,7,10-11,18H2,1-4H3,(H,32,37)(H,33,39). The summed E-state index contributed by atoms with van der Waals surface area (Å²) in [5.74, 6) is -0.976. The van der Waals surface area contributed by atoms with Crippen LogP contribution in [0.4, 0.5) is 10.5 Å². The Kier molecular flexibility index (Phi) is 8.64. The average molecular weight is 548 g/mol. The van der Waals surface area contributed by atoms with Crippen molar-refractivity contribution >= 4 is 34.4 Å². The number of fused-ring (bicyclic) bond motifs is 1. The maximum atomic E-state index is 14.0. The molecule has 0 spiro atoms. The molecule has 2 atom stereocenters. The molecule has 0 aliphatic heterocycles. The number of anilines is 1. The topological polar surface area (TPSA) is 128 Å². The molecule has 9 nitrogen and oxygen atoms in total. The Labute approximate surface area is 234 Å². The van der Waals surface area contributed by atoms with E-state index in [1.54, 1.807) is 45.9 Å². The fraction of sp³-hybridized carbons (Fsp3) is 0.387. The van der Waals surface area contributed by atoms with Crippen LogP contribution in [-0.2, 0) is 14.3 Å². The van der Waals surface area contributed by atoms with Gasteiger partial charge in [0.05, 0.1) is 6.61 Å². The van der Waals surface area contributed by atoms with Crippen molar-refractivity contribution in [2.45, 2.75) is 70.7 Å². The lowest BCUT2D eigenvalue weighted by Crippen LogP contribution is -2.58. The van der Waals surface area contributed by atoms with Crippen LogP contribution < -0.4 is 10.6 Å². The quantitative estimate of drug-likeness (QED) is 0.321. The molecular formula is C31H37N3O6. The summed E-state index contributed by atoms with van der Waals surface area (Å²) in [4.78, 5) is 41.9. The van der Waals surface area contributed by atoms with E-state index in [2.05, 4.69) is 10.6 Å². The van der Waals surface area contributed by atoms with E-state index in [1.807, 2.05) is 36.4 Å². The van der Waals surface area contributed by atoms with Crippen LogP contribution in [0.25, 0.3) is 10.8 Å². The molecule has 0 radical (unpaired) electrons. The first kappa shape index (κ1) is 28.9. The first-order valence-corrected chi connectivity index (χ1v) is 13.5. The van der Waals surface area contributed by atoms with Crippen LogP contribution in [0, 0.1) is 6.92 Å². The van der Waals surface area contributed by atoms with E-state index in [4.69, 9.17) is 4.74 Å². The second kappa shape index (κ2) is 12.0. The van der Waals surface area contributed by atoms with E-state index >= 15 is 0 Å². The van der Waals surface area contributed by atoms with Gasteiger partial charge in [0.2, 0.25) is 5.91 Å². The molecule has 2 unspecified atom stereocenters. The predicted octanol–water partition coefficient (Wildman–Crippen LogP) is 4.80. The smallest absolute Gasteiger partial charge is 0.408 e. The lowest BCUT2D eigenvalue weighted by Gasteiger charge is -2.43. The third kappa shape index (κ3) is 6.71. The van der Waals surface area contributed by atoms with Gasteiger partial charge in [-0.15, -0.1) is 0 Å². The fourth-order valence-electron chi connectivity index (χ4n) is 4.76. The highest BCUT2D eigenvalue weighted by Crippen LogP contribution is 2.35. The zero-order valence-corrected chi connectivity index (χ0v) is 23.3. The predicted molar refractivity (Wildman–Crippen MR) is 153 cm³/mol. The SMILES string of the molecule is Cc1cc(C(C(=O)Nc2ccc3ccccc3c2)N(C(=O)C(CO)NC(=O)OC(C)(C)C)C2CCC2)ccc1O. The van der Waals surface area contributed by atoms with Crippen LogP contribution in [-0.4, -0.2) is 57.3 Å². The molecule has 4 N–H and O–H groups in total. The number of ether oxygens (including phenoxy) is 1. The van der Waals surface area contributed by atoms with Crippen molar-refractivity contribution < 1.29 is 29.3 Å². The molecule has 0 aromatic heterocycles. The highest BCUT2D eigenvalue weighted by molar-refractivity contribution is 6.00. The molecule has 3 aromatic carbocycles. The normalized spacial score (nSPS) is 15.0. The highest BCUT2D eigenvalue weighted by Gasteiger charge is 2.42. The molecule has 1 aliphatic rings. The Morgan fingerprint density at radius 2 is 1.73 bits per heavy atom. The Hall–Kier alpha value is -4.11. The molecule has 1 aliphatic carbocycles. The van der Waals surface area contributed by atoms with E-state index < -0.39 is 42.2 Å². The summed E-state index contributed by atoms with van der Waals surface area (Å²) in [6, 6.07) is 15.5. The van der Waals surface area contributed by atoms with Crippen LogP contribution in [0.5, 0.6) is 5.75 Å². The molecular weight excluding hydrogens is 510 g/mol. The molecule has 0 saturated heterocycles. The number of hydrogen-bond acceptors (Lipinski definition) is 6. The Morgan fingerprint density at radius 3 is 2.33 bits per heavy atom. The maximum Gasteiger partial charge on any atom is 0.408 e. The van der Waals surface area contributed by atoms with Gasteiger partial charge in [0.15, 0.2) is 0 Å². The van der Waals surface area contributed by atoms with Crippen LogP contribution in [0.2, 0.25) is 0 Å². The maximum absolute atomic E-state index is 14.0. The monoisotopic (exact) mass is 547 g/mol. The van der Waals surface area contributed by atoms with Gasteiger partial charge >= 0.3 is 6.09 Å². The van der Waals surface area contributed by atoms with Crippen molar-refractivity contribution in [2.24, 2.45) is 0 Å². The van der Waals surface area contributed by atoms with Crippen molar-refractivity contribution in [2.75, 3.05) is 11.9 Å². The second-order valence-electron chi connectivity index (χ2n) is 11.2. The zero-order valence-electron chi connectivity index (χ0n) is 23.3. The molecule has 9 heteroatoms. The van der Waals surface area contributed by atoms with Crippen LogP contribution >= 0.6 is 0 Å². The molecule has 1 fully saturated rings. The summed E-state index contributed by atoms with van der Waals surface area (Å²) in [6.07, 6.45) is 1.39. The molecule has 0 bridgehead atoms. The number of amides is 3. The number of aliphatic hydroxyl groups excluding tert-OH is 1. The van der Waals surface area contributed by atoms with Gasteiger partial charge < -0.3 is 30.5 Å². The zero-order chi connectivity index (χ0) is 29.0. The minimum Gasteiger partial charge on any atom is -0.508 e. The third-order valence-corrected chi connectivity index (χ3v) is 6.97. The number of rotatable bonds is 8. The summed E-state index contributed by atoms with van der Waals surface area (Å²) in [5, 5.41) is 27.7. The summed E-state index contributed by atoms with van der Waals surface area (Å²) in [7, 11) is 0. The molecule has 3 aromatic rings. The highest BCUT2D eigenvalue weighted by atomic mass is 16.6. The summed E-state index contributed by atoms with van der Waals surface area (Å²) in [5.41, 5.74) is 0.818. The summed E-state index contributed by atoms with van der Waals surface area (Å²) in [6.45, 7) is 6.14. The van der Waals surface area contributed by atoms with E-state index in [1.165, 1.54) is 11.0 Å². The number of hydrogen-bond donors (Lipinski definition) is 4. The molecule has 0 heterocycles. The number of carbonyl (C=O) groups excluding carboxylic acids is 3. The second-order valence-corrected chi connectivity index (χ2v) is 11.2. The molecule has 4 rings (SSSR count). The van der Waals surface area contributed by atoms with Crippen molar-refractivity contribution in [3.63, 3.8) is 0 Å². The van der Waals surface area contributed by atoms with Gasteiger partial charge in [-0.25, -0.2) is 4.79 Å². The van der Waals surface area contributed by atoms with Crippen molar-refractivity contribution in [3.8, 4) is 5.75 Å². The number of aromatic hydroxyl groups is 1. The Balaban J connectivity index is 1.71. The molecule has 212 valence electrons. The van der Waals surface area contributed by atoms with Gasteiger partial charge in [0.1, 0.15) is 23.4 Å². The molecule has 3 amide bonds. The van der Waals surface area contributed by atoms with Gasteiger partial charge in [-0.3, -0.25) is 9.59 Å². The number of benzene rings is 3. The number of phenolic OH excluding ortho intramolecular Hbond substituents is 1. The summed E-state index contributed by atoms with van der Waals surface area (Å²) >= 11 is 0. The van der Waals surface area contributed by atoms with E-state index in [-0.39, 0.29) is 11.8 Å². The number of nitrogens with zero attached hydrogens (tertiary/aromatic N) is 1. The van der Waals surface area contributed by atoms with Gasteiger partial charge in [0, 0.05) is 11.7 Å². The van der Waals surface area contributed by atoms with Crippen LogP contribution in [0.15, 0.2) is 60.7 Å². The number of aliphatic hydroxyl groups is 1. The number of nitrogens with one attached hydrogen (secondary N) is 2. The van der Waals surface area contributed by atoms with Crippen LogP contribution in [0.3, 0.4) is 0 Å². The van der Waals surface area contributed by atoms with Crippen molar-refractivity contribution in [1.82, 2.24) is 10.2 Å². The number of aryl methyl sites for hydroxylation is 1. The van der Waals surface area contributed by atoms with Gasteiger partial charge in [-0.1, -0.05) is 36.4 Å². The number of phenols is 1. The average Bonchev–Trinajstić information content (AvgIpc) is 2.86. The fourth-order valence-corrected chi connectivity index (χ4v) is 4.76. The van der Waals surface area contributed by atoms with Gasteiger partial charge in [0.25, 0.3) is 5.91 Å². The summed E-state index contributed by atoms with van der Waals surface area (Å²) < 4.78 is 5.30. The first-order chi connectivity index (χ1) is 19.0. The Morgan fingerprint density at radius 1 is 1.02 bits per heavy atom. The van der Waals surface area contributed by atoms with Gasteiger partial charge in [-0.05, 0) is 93.1 Å². The van der Waals surface area contributed by atoms with Crippen LogP contribution in [0.1, 0.15) is 57.2 Å². The number of alkyl carbamates (subject to hydrolysis) is 1. The third-order valence-electron chi connectivity index (χ3n) is 6.97. The lowest BCUT2D eigenvalue weighted by atomic mass is 9.87.